The second-order valence-corrected chi connectivity index (χ2v) is 7.06. The van der Waals surface area contributed by atoms with Gasteiger partial charge < -0.3 is 5.11 Å². The van der Waals surface area contributed by atoms with Crippen molar-refractivity contribution in [2.75, 3.05) is 0 Å². The minimum Gasteiger partial charge on any atom is -0.383 e. The highest BCUT2D eigenvalue weighted by Gasteiger charge is 2.59. The molecule has 1 aromatic rings. The molecule has 0 amide bonds. The van der Waals surface area contributed by atoms with Gasteiger partial charge in [0, 0.05) is 0 Å². The van der Waals surface area contributed by atoms with Crippen molar-refractivity contribution in [1.82, 2.24) is 0 Å². The molecule has 0 heterocycles. The maximum absolute atomic E-state index is 14.3. The quantitative estimate of drug-likeness (QED) is 0.786. The highest BCUT2D eigenvalue weighted by atomic mass is 32.2. The van der Waals surface area contributed by atoms with E-state index in [0.717, 1.165) is 25.5 Å². The number of aliphatic hydroxyl groups is 1. The molecule has 1 rings (SSSR count). The van der Waals surface area contributed by atoms with Crippen molar-refractivity contribution in [3.05, 3.63) is 30.3 Å². The van der Waals surface area contributed by atoms with Crippen LogP contribution in [0.4, 0.5) is 8.78 Å². The Labute approximate surface area is 118 Å². The SMILES string of the molecule is CCCCCC(C)(O)C(F)(F)S(=O)(=O)c1ccccc1. The lowest BCUT2D eigenvalue weighted by molar-refractivity contribution is -0.119. The summed E-state index contributed by atoms with van der Waals surface area (Å²) in [5.74, 6) is 0. The average molecular weight is 306 g/mol. The van der Waals surface area contributed by atoms with Gasteiger partial charge in [-0.15, -0.1) is 0 Å². The van der Waals surface area contributed by atoms with Crippen molar-refractivity contribution >= 4 is 9.84 Å². The number of unbranched alkanes of at least 4 members (excludes halogenated alkanes) is 2. The average Bonchev–Trinajstić information content (AvgIpc) is 2.39. The molecule has 1 atom stereocenters. The lowest BCUT2D eigenvalue weighted by Crippen LogP contribution is -2.50. The van der Waals surface area contributed by atoms with E-state index in [2.05, 4.69) is 0 Å². The summed E-state index contributed by atoms with van der Waals surface area (Å²) in [6.45, 7) is 2.77. The van der Waals surface area contributed by atoms with Gasteiger partial charge >= 0.3 is 5.25 Å². The molecule has 0 aliphatic rings. The maximum atomic E-state index is 14.3. The molecule has 6 heteroatoms. The molecule has 0 aromatic heterocycles. The lowest BCUT2D eigenvalue weighted by Gasteiger charge is -2.32. The van der Waals surface area contributed by atoms with Crippen LogP contribution in [0.5, 0.6) is 0 Å². The Hall–Kier alpha value is -1.01. The van der Waals surface area contributed by atoms with Crippen LogP contribution in [0.15, 0.2) is 35.2 Å². The van der Waals surface area contributed by atoms with Crippen LogP contribution in [0, 0.1) is 0 Å². The van der Waals surface area contributed by atoms with Crippen molar-refractivity contribution in [3.63, 3.8) is 0 Å². The highest BCUT2D eigenvalue weighted by molar-refractivity contribution is 7.92. The van der Waals surface area contributed by atoms with Crippen molar-refractivity contribution in [3.8, 4) is 0 Å². The first-order valence-electron chi connectivity index (χ1n) is 6.56. The molecule has 1 N–H and O–H groups in total. The van der Waals surface area contributed by atoms with E-state index in [1.165, 1.54) is 18.2 Å². The Kier molecular flexibility index (Phi) is 5.27. The van der Waals surface area contributed by atoms with Crippen molar-refractivity contribution in [2.45, 2.75) is 55.3 Å². The topological polar surface area (TPSA) is 54.4 Å². The fourth-order valence-electron chi connectivity index (χ4n) is 1.90. The zero-order chi connectivity index (χ0) is 15.4. The number of rotatable bonds is 7. The first-order valence-corrected chi connectivity index (χ1v) is 8.05. The van der Waals surface area contributed by atoms with Gasteiger partial charge in [0.05, 0.1) is 4.90 Å². The number of hydrogen-bond donors (Lipinski definition) is 1. The minimum absolute atomic E-state index is 0.264. The first kappa shape index (κ1) is 17.0. The van der Waals surface area contributed by atoms with Crippen LogP contribution in [0.25, 0.3) is 0 Å². The van der Waals surface area contributed by atoms with Crippen LogP contribution < -0.4 is 0 Å². The van der Waals surface area contributed by atoms with Gasteiger partial charge in [-0.25, -0.2) is 8.42 Å². The predicted molar refractivity (Wildman–Crippen MR) is 73.3 cm³/mol. The van der Waals surface area contributed by atoms with Gasteiger partial charge in [-0.05, 0) is 25.5 Å². The fourth-order valence-corrected chi connectivity index (χ4v) is 3.39. The molecule has 3 nitrogen and oxygen atoms in total. The summed E-state index contributed by atoms with van der Waals surface area (Å²) in [4.78, 5) is -0.485. The van der Waals surface area contributed by atoms with E-state index in [0.29, 0.717) is 12.8 Å². The minimum atomic E-state index is -4.92. The number of halogens is 2. The lowest BCUT2D eigenvalue weighted by atomic mass is 9.99. The summed E-state index contributed by atoms with van der Waals surface area (Å²) >= 11 is 0. The van der Waals surface area contributed by atoms with Crippen molar-refractivity contribution in [2.24, 2.45) is 0 Å². The number of benzene rings is 1. The van der Waals surface area contributed by atoms with E-state index >= 15 is 0 Å². The number of sulfone groups is 1. The second kappa shape index (κ2) is 6.18. The van der Waals surface area contributed by atoms with E-state index in [-0.39, 0.29) is 6.42 Å². The summed E-state index contributed by atoms with van der Waals surface area (Å²) in [7, 11) is -4.92. The van der Waals surface area contributed by atoms with Gasteiger partial charge in [0.25, 0.3) is 0 Å². The summed E-state index contributed by atoms with van der Waals surface area (Å²) < 4.78 is 52.6. The molecule has 20 heavy (non-hydrogen) atoms. The zero-order valence-corrected chi connectivity index (χ0v) is 12.5. The predicted octanol–water partition coefficient (Wildman–Crippen LogP) is 3.38. The largest absolute Gasteiger partial charge is 0.383 e. The molecule has 0 saturated carbocycles. The Morgan fingerprint density at radius 2 is 1.70 bits per heavy atom. The first-order chi connectivity index (χ1) is 9.17. The molecule has 1 aromatic carbocycles. The molecule has 0 spiro atoms. The molecule has 1 unspecified atom stereocenters. The van der Waals surface area contributed by atoms with E-state index in [4.69, 9.17) is 0 Å². The van der Waals surface area contributed by atoms with Crippen LogP contribution in [0.1, 0.15) is 39.5 Å². The van der Waals surface area contributed by atoms with E-state index in [1.54, 1.807) is 0 Å². The highest BCUT2D eigenvalue weighted by Crippen LogP contribution is 2.40. The second-order valence-electron chi connectivity index (χ2n) is 5.06. The van der Waals surface area contributed by atoms with Crippen molar-refractivity contribution < 1.29 is 22.3 Å². The molecule has 0 bridgehead atoms. The molecule has 0 radical (unpaired) electrons. The zero-order valence-electron chi connectivity index (χ0n) is 11.6. The monoisotopic (exact) mass is 306 g/mol. The van der Waals surface area contributed by atoms with Crippen molar-refractivity contribution in [1.29, 1.82) is 0 Å². The summed E-state index contributed by atoms with van der Waals surface area (Å²) in [6, 6.07) is 6.48. The molecular formula is C14H20F2O3S. The summed E-state index contributed by atoms with van der Waals surface area (Å²) in [6.07, 6.45) is 1.55. The molecular weight excluding hydrogens is 286 g/mol. The Bertz CT molecular complexity index is 525. The molecule has 0 aliphatic carbocycles. The van der Waals surface area contributed by atoms with Gasteiger partial charge in [-0.1, -0.05) is 44.4 Å². The van der Waals surface area contributed by atoms with Gasteiger partial charge in [0.2, 0.25) is 9.84 Å². The molecule has 114 valence electrons. The van der Waals surface area contributed by atoms with E-state index < -0.39 is 25.6 Å². The van der Waals surface area contributed by atoms with Gasteiger partial charge in [0.1, 0.15) is 5.60 Å². The third kappa shape index (κ3) is 3.17. The van der Waals surface area contributed by atoms with Gasteiger partial charge in [-0.3, -0.25) is 0 Å². The van der Waals surface area contributed by atoms with Gasteiger partial charge in [-0.2, -0.15) is 8.78 Å². The van der Waals surface area contributed by atoms with E-state index in [1.807, 2.05) is 6.92 Å². The standard InChI is InChI=1S/C14H20F2O3S/c1-3-4-8-11-13(2,17)14(15,16)20(18,19)12-9-6-5-7-10-12/h5-7,9-10,17H,3-4,8,11H2,1-2H3. The van der Waals surface area contributed by atoms with Crippen LogP contribution in [-0.2, 0) is 9.84 Å². The van der Waals surface area contributed by atoms with Crippen LogP contribution in [0.3, 0.4) is 0 Å². The maximum Gasteiger partial charge on any atom is 0.377 e. The molecule has 0 saturated heterocycles. The van der Waals surface area contributed by atoms with Crippen LogP contribution in [-0.4, -0.2) is 24.4 Å². The summed E-state index contributed by atoms with van der Waals surface area (Å²) in [5.41, 5.74) is -2.59. The molecule has 0 aliphatic heterocycles. The van der Waals surface area contributed by atoms with Gasteiger partial charge in [0.15, 0.2) is 0 Å². The molecule has 0 fully saturated rings. The number of hydrogen-bond acceptors (Lipinski definition) is 3. The fraction of sp³-hybridized carbons (Fsp3) is 0.571. The number of alkyl halides is 2. The Balaban J connectivity index is 3.08. The normalized spacial score (nSPS) is 15.8. The van der Waals surface area contributed by atoms with Crippen LogP contribution in [0.2, 0.25) is 0 Å². The van der Waals surface area contributed by atoms with Crippen LogP contribution >= 0.6 is 0 Å². The Morgan fingerprint density at radius 3 is 2.20 bits per heavy atom. The third-order valence-corrected chi connectivity index (χ3v) is 5.29. The smallest absolute Gasteiger partial charge is 0.377 e. The Morgan fingerprint density at radius 1 is 1.15 bits per heavy atom. The summed E-state index contributed by atoms with van der Waals surface area (Å²) in [5, 5.41) is 5.71. The van der Waals surface area contributed by atoms with E-state index in [9.17, 15) is 22.3 Å². The third-order valence-electron chi connectivity index (χ3n) is 3.29.